The summed E-state index contributed by atoms with van der Waals surface area (Å²) in [5, 5.41) is 6.87. The summed E-state index contributed by atoms with van der Waals surface area (Å²) in [6, 6.07) is 10.5. The van der Waals surface area contributed by atoms with E-state index in [-0.39, 0.29) is 17.2 Å². The number of hydrogen-bond donors (Lipinski definition) is 1. The minimum atomic E-state index is -0.317. The van der Waals surface area contributed by atoms with Gasteiger partial charge in [-0.2, -0.15) is 5.10 Å². The number of rotatable bonds is 3. The molecule has 1 amide bonds. The maximum atomic E-state index is 12.3. The molecular formula is C16H18N4O2. The van der Waals surface area contributed by atoms with Crippen molar-refractivity contribution in [3.8, 4) is 0 Å². The molecule has 0 atom stereocenters. The molecule has 114 valence electrons. The first-order valence-corrected chi connectivity index (χ1v) is 7.35. The number of benzene rings is 1. The van der Waals surface area contributed by atoms with Gasteiger partial charge in [-0.05, 0) is 31.0 Å². The molecule has 1 fully saturated rings. The van der Waals surface area contributed by atoms with Gasteiger partial charge in [-0.3, -0.25) is 9.59 Å². The van der Waals surface area contributed by atoms with Gasteiger partial charge >= 0.3 is 0 Å². The van der Waals surface area contributed by atoms with Crippen molar-refractivity contribution in [3.63, 3.8) is 0 Å². The summed E-state index contributed by atoms with van der Waals surface area (Å²) in [5.74, 6) is -0.317. The third-order valence-corrected chi connectivity index (χ3v) is 3.79. The Kier molecular flexibility index (Phi) is 3.91. The van der Waals surface area contributed by atoms with Crippen LogP contribution in [0.1, 0.15) is 23.3 Å². The van der Waals surface area contributed by atoms with Crippen LogP contribution in [0.2, 0.25) is 0 Å². The molecule has 1 aliphatic rings. The molecule has 3 rings (SSSR count). The Morgan fingerprint density at radius 2 is 1.86 bits per heavy atom. The largest absolute Gasteiger partial charge is 0.370 e. The Hall–Kier alpha value is -2.63. The first-order valence-electron chi connectivity index (χ1n) is 7.35. The van der Waals surface area contributed by atoms with Crippen molar-refractivity contribution >= 4 is 17.3 Å². The molecule has 0 unspecified atom stereocenters. The van der Waals surface area contributed by atoms with E-state index in [9.17, 15) is 9.59 Å². The van der Waals surface area contributed by atoms with Gasteiger partial charge in [0.2, 0.25) is 0 Å². The number of para-hydroxylation sites is 2. The molecule has 1 aliphatic heterocycles. The van der Waals surface area contributed by atoms with Crippen LogP contribution in [-0.4, -0.2) is 28.8 Å². The van der Waals surface area contributed by atoms with Gasteiger partial charge in [-0.25, -0.2) is 4.68 Å². The van der Waals surface area contributed by atoms with Crippen molar-refractivity contribution in [1.29, 1.82) is 0 Å². The summed E-state index contributed by atoms with van der Waals surface area (Å²) < 4.78 is 1.15. The molecule has 2 heterocycles. The minimum absolute atomic E-state index is 0.221. The second-order valence-corrected chi connectivity index (χ2v) is 5.35. The molecule has 0 spiro atoms. The van der Waals surface area contributed by atoms with Crippen LogP contribution in [0.25, 0.3) is 0 Å². The molecule has 1 aromatic carbocycles. The van der Waals surface area contributed by atoms with E-state index >= 15 is 0 Å². The van der Waals surface area contributed by atoms with E-state index in [1.165, 1.54) is 32.0 Å². The molecule has 6 nitrogen and oxygen atoms in total. The fourth-order valence-electron chi connectivity index (χ4n) is 2.62. The van der Waals surface area contributed by atoms with Crippen LogP contribution in [0.5, 0.6) is 0 Å². The van der Waals surface area contributed by atoms with Crippen molar-refractivity contribution in [2.75, 3.05) is 23.3 Å². The zero-order valence-electron chi connectivity index (χ0n) is 12.5. The van der Waals surface area contributed by atoms with Gasteiger partial charge in [0.25, 0.3) is 11.5 Å². The molecule has 1 saturated heterocycles. The molecule has 2 aromatic rings. The summed E-state index contributed by atoms with van der Waals surface area (Å²) in [4.78, 5) is 25.9. The van der Waals surface area contributed by atoms with Crippen LogP contribution in [0.15, 0.2) is 41.2 Å². The molecule has 0 radical (unpaired) electrons. The van der Waals surface area contributed by atoms with Crippen molar-refractivity contribution in [2.45, 2.75) is 12.8 Å². The van der Waals surface area contributed by atoms with Gasteiger partial charge in [0.1, 0.15) is 5.69 Å². The number of aromatic nitrogens is 2. The molecule has 1 N–H and O–H groups in total. The summed E-state index contributed by atoms with van der Waals surface area (Å²) in [7, 11) is 1.53. The van der Waals surface area contributed by atoms with Gasteiger partial charge in [-0.15, -0.1) is 0 Å². The highest BCUT2D eigenvalue weighted by molar-refractivity contribution is 6.04. The third-order valence-electron chi connectivity index (χ3n) is 3.79. The number of aryl methyl sites for hydroxylation is 1. The normalized spacial score (nSPS) is 14.1. The zero-order chi connectivity index (χ0) is 15.5. The standard InChI is InChI=1S/C16H18N4O2/c1-19-15(21)9-8-13(18-19)16(22)17-12-6-2-3-7-14(12)20-10-4-5-11-20/h2-3,6-9H,4-5,10-11H2,1H3,(H,17,22). The lowest BCUT2D eigenvalue weighted by molar-refractivity contribution is 0.102. The number of carbonyl (C=O) groups excluding carboxylic acids is 1. The first kappa shape index (κ1) is 14.3. The van der Waals surface area contributed by atoms with E-state index in [4.69, 9.17) is 0 Å². The van der Waals surface area contributed by atoms with E-state index in [1.807, 2.05) is 24.3 Å². The van der Waals surface area contributed by atoms with E-state index in [0.717, 1.165) is 29.1 Å². The molecule has 0 saturated carbocycles. The number of hydrogen-bond acceptors (Lipinski definition) is 4. The molecule has 1 aromatic heterocycles. The maximum Gasteiger partial charge on any atom is 0.276 e. The molecular weight excluding hydrogens is 280 g/mol. The number of anilines is 2. The molecule has 0 aliphatic carbocycles. The topological polar surface area (TPSA) is 67.2 Å². The maximum absolute atomic E-state index is 12.3. The lowest BCUT2D eigenvalue weighted by atomic mass is 10.2. The second kappa shape index (κ2) is 6.01. The van der Waals surface area contributed by atoms with Crippen molar-refractivity contribution in [2.24, 2.45) is 7.05 Å². The van der Waals surface area contributed by atoms with Gasteiger partial charge in [0.15, 0.2) is 0 Å². The summed E-state index contributed by atoms with van der Waals surface area (Å²) in [6.45, 7) is 2.01. The van der Waals surface area contributed by atoms with E-state index in [2.05, 4.69) is 15.3 Å². The summed E-state index contributed by atoms with van der Waals surface area (Å²) >= 11 is 0. The third kappa shape index (κ3) is 2.86. The van der Waals surface area contributed by atoms with Crippen LogP contribution >= 0.6 is 0 Å². The van der Waals surface area contributed by atoms with Crippen molar-refractivity contribution in [3.05, 3.63) is 52.4 Å². The molecule has 6 heteroatoms. The van der Waals surface area contributed by atoms with Crippen LogP contribution in [0.4, 0.5) is 11.4 Å². The summed E-state index contributed by atoms with van der Waals surface area (Å²) in [5.41, 5.74) is 1.77. The molecule has 0 bridgehead atoms. The van der Waals surface area contributed by atoms with Gasteiger partial charge in [0, 0.05) is 26.2 Å². The zero-order valence-corrected chi connectivity index (χ0v) is 12.5. The number of amides is 1. The predicted molar refractivity (Wildman–Crippen MR) is 85.3 cm³/mol. The van der Waals surface area contributed by atoms with Crippen molar-refractivity contribution < 1.29 is 4.79 Å². The SMILES string of the molecule is Cn1nc(C(=O)Nc2ccccc2N2CCCC2)ccc1=O. The highest BCUT2D eigenvalue weighted by atomic mass is 16.2. The number of carbonyl (C=O) groups is 1. The average Bonchev–Trinajstić information content (AvgIpc) is 3.04. The second-order valence-electron chi connectivity index (χ2n) is 5.35. The predicted octanol–water partition coefficient (Wildman–Crippen LogP) is 1.63. The summed E-state index contributed by atoms with van der Waals surface area (Å²) in [6.07, 6.45) is 2.34. The lowest BCUT2D eigenvalue weighted by Gasteiger charge is -2.21. The Labute approximate surface area is 128 Å². The van der Waals surface area contributed by atoms with Crippen molar-refractivity contribution in [1.82, 2.24) is 9.78 Å². The number of nitrogens with one attached hydrogen (secondary N) is 1. The fraction of sp³-hybridized carbons (Fsp3) is 0.312. The van der Waals surface area contributed by atoms with E-state index in [1.54, 1.807) is 0 Å². The van der Waals surface area contributed by atoms with Crippen LogP contribution in [0.3, 0.4) is 0 Å². The lowest BCUT2D eigenvalue weighted by Crippen LogP contribution is -2.25. The fourth-order valence-corrected chi connectivity index (χ4v) is 2.62. The quantitative estimate of drug-likeness (QED) is 0.935. The highest BCUT2D eigenvalue weighted by Gasteiger charge is 2.17. The monoisotopic (exact) mass is 298 g/mol. The first-order chi connectivity index (χ1) is 10.6. The Bertz CT molecular complexity index is 748. The van der Waals surface area contributed by atoms with E-state index in [0.29, 0.717) is 0 Å². The van der Waals surface area contributed by atoms with Crippen LogP contribution in [-0.2, 0) is 7.05 Å². The average molecular weight is 298 g/mol. The minimum Gasteiger partial charge on any atom is -0.370 e. The van der Waals surface area contributed by atoms with Crippen LogP contribution < -0.4 is 15.8 Å². The molecule has 22 heavy (non-hydrogen) atoms. The Morgan fingerprint density at radius 3 is 2.59 bits per heavy atom. The van der Waals surface area contributed by atoms with Gasteiger partial charge < -0.3 is 10.2 Å². The van der Waals surface area contributed by atoms with Gasteiger partial charge in [0.05, 0.1) is 11.4 Å². The smallest absolute Gasteiger partial charge is 0.276 e. The highest BCUT2D eigenvalue weighted by Crippen LogP contribution is 2.28. The van der Waals surface area contributed by atoms with E-state index < -0.39 is 0 Å². The Morgan fingerprint density at radius 1 is 1.14 bits per heavy atom. The Balaban J connectivity index is 1.84. The van der Waals surface area contributed by atoms with Crippen LogP contribution in [0, 0.1) is 0 Å². The van der Waals surface area contributed by atoms with Gasteiger partial charge in [-0.1, -0.05) is 12.1 Å². The number of nitrogens with zero attached hydrogens (tertiary/aromatic N) is 3.